The Morgan fingerprint density at radius 2 is 1.91 bits per heavy atom. The largest absolute Gasteiger partial charge is 0.466 e. The first-order valence-electron chi connectivity index (χ1n) is 11.7. The minimum Gasteiger partial charge on any atom is -0.466 e. The van der Waals surface area contributed by atoms with Crippen molar-refractivity contribution < 1.29 is 9.53 Å². The number of fused-ring (bicyclic) bond motifs is 1. The summed E-state index contributed by atoms with van der Waals surface area (Å²) in [6.07, 6.45) is 10.1. The molecule has 1 aliphatic rings. The molecule has 3 heteroatoms. The number of carbonyl (C=O) groups excluding carboxylic acids is 1. The van der Waals surface area contributed by atoms with E-state index in [4.69, 9.17) is 11.2 Å². The summed E-state index contributed by atoms with van der Waals surface area (Å²) in [5.74, 6) is 2.77. The predicted molar refractivity (Wildman–Crippen MR) is 136 cm³/mol. The fourth-order valence-electron chi connectivity index (χ4n) is 5.01. The Morgan fingerprint density at radius 1 is 1.16 bits per heavy atom. The molecule has 2 aromatic rings. The zero-order valence-electron chi connectivity index (χ0n) is 20.4. The molecule has 2 aromatic carbocycles. The van der Waals surface area contributed by atoms with E-state index in [1.54, 1.807) is 0 Å². The number of hydrogen-bond donors (Lipinski definition) is 0. The molecule has 2 nitrogen and oxygen atoms in total. The Labute approximate surface area is 198 Å². The average Bonchev–Trinajstić information content (AvgIpc) is 2.69. The molecule has 0 spiro atoms. The number of benzene rings is 2. The lowest BCUT2D eigenvalue weighted by atomic mass is 9.75. The van der Waals surface area contributed by atoms with Gasteiger partial charge in [-0.15, -0.1) is 18.2 Å². The van der Waals surface area contributed by atoms with Gasteiger partial charge in [-0.1, -0.05) is 45.7 Å². The van der Waals surface area contributed by atoms with Gasteiger partial charge in [0.2, 0.25) is 0 Å². The maximum atomic E-state index is 11.5. The third-order valence-corrected chi connectivity index (χ3v) is 7.52. The van der Waals surface area contributed by atoms with Crippen molar-refractivity contribution in [3.05, 3.63) is 52.6 Å². The number of rotatable bonds is 7. The molecule has 0 fully saturated rings. The quantitative estimate of drug-likeness (QED) is 0.250. The number of ether oxygens (including phenoxy) is 1. The highest BCUT2D eigenvalue weighted by molar-refractivity contribution is 8.00. The molecule has 32 heavy (non-hydrogen) atoms. The molecule has 1 aliphatic heterocycles. The maximum Gasteiger partial charge on any atom is 0.305 e. The third-order valence-electron chi connectivity index (χ3n) is 6.27. The van der Waals surface area contributed by atoms with Gasteiger partial charge in [-0.25, -0.2) is 0 Å². The number of carbonyl (C=O) groups is 1. The van der Waals surface area contributed by atoms with E-state index in [0.717, 1.165) is 31.2 Å². The van der Waals surface area contributed by atoms with Crippen LogP contribution in [0, 0.1) is 19.3 Å². The van der Waals surface area contributed by atoms with Gasteiger partial charge in [0.15, 0.2) is 0 Å². The Hall–Kier alpha value is -2.18. The molecule has 0 saturated heterocycles. The molecular formula is C29H36O2S. The van der Waals surface area contributed by atoms with Crippen molar-refractivity contribution in [3.63, 3.8) is 0 Å². The van der Waals surface area contributed by atoms with Crippen molar-refractivity contribution in [3.8, 4) is 23.5 Å². The maximum absolute atomic E-state index is 11.5. The van der Waals surface area contributed by atoms with Gasteiger partial charge >= 0.3 is 5.97 Å². The van der Waals surface area contributed by atoms with Crippen molar-refractivity contribution in [2.75, 3.05) is 6.61 Å². The van der Waals surface area contributed by atoms with Crippen molar-refractivity contribution in [1.29, 1.82) is 0 Å². The van der Waals surface area contributed by atoms with E-state index in [0.29, 0.717) is 13.0 Å². The molecule has 0 saturated carbocycles. The van der Waals surface area contributed by atoms with Gasteiger partial charge in [0, 0.05) is 21.6 Å². The normalized spacial score (nSPS) is 16.2. The number of thioether (sulfide) groups is 1. The van der Waals surface area contributed by atoms with Crippen LogP contribution in [0.2, 0.25) is 0 Å². The summed E-state index contributed by atoms with van der Waals surface area (Å²) in [4.78, 5) is 12.9. The van der Waals surface area contributed by atoms with Crippen LogP contribution in [0.4, 0.5) is 0 Å². The van der Waals surface area contributed by atoms with E-state index in [1.807, 2.05) is 18.7 Å². The smallest absolute Gasteiger partial charge is 0.305 e. The van der Waals surface area contributed by atoms with Gasteiger partial charge in [-0.2, -0.15) is 0 Å². The highest BCUT2D eigenvalue weighted by atomic mass is 32.2. The second-order valence-electron chi connectivity index (χ2n) is 10.1. The minimum atomic E-state index is -0.118. The molecule has 0 aromatic heterocycles. The monoisotopic (exact) mass is 448 g/mol. The van der Waals surface area contributed by atoms with Gasteiger partial charge < -0.3 is 4.74 Å². The fourth-order valence-corrected chi connectivity index (χ4v) is 6.72. The lowest BCUT2D eigenvalue weighted by Gasteiger charge is -2.42. The van der Waals surface area contributed by atoms with Gasteiger partial charge in [-0.3, -0.25) is 4.79 Å². The predicted octanol–water partition coefficient (Wildman–Crippen LogP) is 7.47. The first-order chi connectivity index (χ1) is 15.1. The molecule has 0 N–H and O–H groups in total. The Morgan fingerprint density at radius 3 is 2.59 bits per heavy atom. The summed E-state index contributed by atoms with van der Waals surface area (Å²) in [6.45, 7) is 13.9. The van der Waals surface area contributed by atoms with Crippen LogP contribution < -0.4 is 0 Å². The number of terminal acetylenes is 1. The van der Waals surface area contributed by atoms with Crippen LogP contribution >= 0.6 is 11.8 Å². The summed E-state index contributed by atoms with van der Waals surface area (Å²) in [5, 5.41) is 0. The van der Waals surface area contributed by atoms with Crippen molar-refractivity contribution >= 4 is 17.7 Å². The summed E-state index contributed by atoms with van der Waals surface area (Å²) < 4.78 is 5.25. The molecule has 0 amide bonds. The Bertz CT molecular complexity index is 1040. The topological polar surface area (TPSA) is 26.3 Å². The van der Waals surface area contributed by atoms with E-state index in [9.17, 15) is 4.79 Å². The van der Waals surface area contributed by atoms with Crippen LogP contribution in [0.5, 0.6) is 0 Å². The van der Waals surface area contributed by atoms with E-state index in [2.05, 4.69) is 70.9 Å². The molecular weight excluding hydrogens is 412 g/mol. The van der Waals surface area contributed by atoms with Crippen LogP contribution in [0.3, 0.4) is 0 Å². The van der Waals surface area contributed by atoms with Crippen LogP contribution in [-0.2, 0) is 21.4 Å². The van der Waals surface area contributed by atoms with E-state index >= 15 is 0 Å². The van der Waals surface area contributed by atoms with E-state index in [1.165, 1.54) is 32.7 Å². The molecule has 0 unspecified atom stereocenters. The Kier molecular flexibility index (Phi) is 7.46. The van der Waals surface area contributed by atoms with Gasteiger partial charge in [0.25, 0.3) is 0 Å². The summed E-state index contributed by atoms with van der Waals surface area (Å²) in [7, 11) is 0. The van der Waals surface area contributed by atoms with E-state index < -0.39 is 0 Å². The summed E-state index contributed by atoms with van der Waals surface area (Å²) >= 11 is 2.00. The van der Waals surface area contributed by atoms with Crippen LogP contribution in [0.15, 0.2) is 35.2 Å². The highest BCUT2D eigenvalue weighted by Gasteiger charge is 2.38. The summed E-state index contributed by atoms with van der Waals surface area (Å²) in [5.41, 5.74) is 7.43. The highest BCUT2D eigenvalue weighted by Crippen LogP contribution is 2.52. The molecule has 3 rings (SSSR count). The molecule has 0 radical (unpaired) electrons. The Balaban J connectivity index is 1.83. The number of esters is 1. The lowest BCUT2D eigenvalue weighted by molar-refractivity contribution is -0.143. The van der Waals surface area contributed by atoms with Gasteiger partial charge in [0.1, 0.15) is 0 Å². The van der Waals surface area contributed by atoms with Crippen molar-refractivity contribution in [1.82, 2.24) is 0 Å². The van der Waals surface area contributed by atoms with Crippen molar-refractivity contribution in [2.24, 2.45) is 0 Å². The molecule has 1 heterocycles. The van der Waals surface area contributed by atoms with E-state index in [-0.39, 0.29) is 16.1 Å². The number of aryl methyl sites for hydroxylation is 2. The molecule has 170 valence electrons. The second-order valence-corrected chi connectivity index (χ2v) is 11.9. The fraction of sp³-hybridized carbons (Fsp3) is 0.483. The molecule has 0 bridgehead atoms. The first-order valence-corrected chi connectivity index (χ1v) is 12.5. The van der Waals surface area contributed by atoms with Crippen LogP contribution in [0.1, 0.15) is 82.6 Å². The van der Waals surface area contributed by atoms with Gasteiger partial charge in [0.05, 0.1) is 6.61 Å². The number of hydrogen-bond acceptors (Lipinski definition) is 3. The molecule has 0 aliphatic carbocycles. The summed E-state index contributed by atoms with van der Waals surface area (Å²) in [6, 6.07) is 11.3. The standard InChI is InChI=1S/C29H36O2S/c1-8-21-17-23(15-14-22(21)12-10-11-13-27(30)31-9-2)24-18-25-26(16-20(24)3)32-29(6,7)19-28(25,4)5/h1,14-18H,9-13,19H2,2-7H3. The van der Waals surface area contributed by atoms with Gasteiger partial charge in [-0.05, 0) is 91.0 Å². The average molecular weight is 449 g/mol. The molecule has 0 atom stereocenters. The van der Waals surface area contributed by atoms with Crippen LogP contribution in [0.25, 0.3) is 11.1 Å². The lowest BCUT2D eigenvalue weighted by Crippen LogP contribution is -2.33. The SMILES string of the molecule is C#Cc1cc(-c2cc3c(cc2C)SC(C)(C)CC3(C)C)ccc1CCCCC(=O)OCC. The zero-order chi connectivity index (χ0) is 23.5. The zero-order valence-corrected chi connectivity index (χ0v) is 21.2. The third kappa shape index (κ3) is 5.59. The minimum absolute atomic E-state index is 0.118. The first kappa shape index (κ1) is 24.5. The second kappa shape index (κ2) is 9.75. The van der Waals surface area contributed by atoms with Crippen molar-refractivity contribution in [2.45, 2.75) is 88.7 Å². The van der Waals surface area contributed by atoms with Crippen LogP contribution in [-0.4, -0.2) is 17.3 Å². The number of unbranched alkanes of at least 4 members (excludes halogenated alkanes) is 1.